The quantitative estimate of drug-likeness (QED) is 0.900. The fraction of sp³-hybridized carbons (Fsp3) is 0.222. The van der Waals surface area contributed by atoms with Gasteiger partial charge in [0.05, 0.1) is 0 Å². The minimum Gasteiger partial charge on any atom is -0.326 e. The number of hydrogen-bond acceptors (Lipinski definition) is 2. The number of amides is 2. The van der Waals surface area contributed by atoms with Crippen LogP contribution in [0.25, 0.3) is 0 Å². The van der Waals surface area contributed by atoms with Gasteiger partial charge < -0.3 is 10.6 Å². The maximum Gasteiger partial charge on any atom is 0.255 e. The average Bonchev–Trinajstić information content (AvgIpc) is 2.50. The summed E-state index contributed by atoms with van der Waals surface area (Å²) in [4.78, 5) is 24.1. The van der Waals surface area contributed by atoms with Crippen LogP contribution in [-0.2, 0) is 4.79 Å². The number of hydrogen-bond donors (Lipinski definition) is 2. The summed E-state index contributed by atoms with van der Waals surface area (Å²) >= 11 is 0. The summed E-state index contributed by atoms with van der Waals surface area (Å²) in [7, 11) is 0. The molecule has 0 aromatic heterocycles. The first-order chi connectivity index (χ1) is 10.5. The van der Waals surface area contributed by atoms with Crippen LogP contribution in [0.5, 0.6) is 0 Å². The lowest BCUT2D eigenvalue weighted by Gasteiger charge is -2.12. The highest BCUT2D eigenvalue weighted by Crippen LogP contribution is 2.19. The topological polar surface area (TPSA) is 58.2 Å². The van der Waals surface area contributed by atoms with E-state index in [4.69, 9.17) is 0 Å². The lowest BCUT2D eigenvalue weighted by atomic mass is 10.1. The monoisotopic (exact) mass is 296 g/mol. The third kappa shape index (κ3) is 3.95. The molecule has 0 aliphatic carbocycles. The van der Waals surface area contributed by atoms with E-state index in [0.717, 1.165) is 11.3 Å². The summed E-state index contributed by atoms with van der Waals surface area (Å²) in [5.74, 6) is -0.379. The highest BCUT2D eigenvalue weighted by Gasteiger charge is 2.12. The molecule has 0 saturated carbocycles. The molecule has 0 aliphatic rings. The van der Waals surface area contributed by atoms with Gasteiger partial charge in [0.25, 0.3) is 5.91 Å². The van der Waals surface area contributed by atoms with Crippen molar-refractivity contribution in [3.8, 4) is 0 Å². The Labute approximate surface area is 130 Å². The predicted molar refractivity (Wildman–Crippen MR) is 89.0 cm³/mol. The largest absolute Gasteiger partial charge is 0.326 e. The Balaban J connectivity index is 2.18. The molecular formula is C18H20N2O2. The van der Waals surface area contributed by atoms with E-state index < -0.39 is 0 Å². The highest BCUT2D eigenvalue weighted by atomic mass is 16.2. The van der Waals surface area contributed by atoms with E-state index in [1.165, 1.54) is 0 Å². The normalized spacial score (nSPS) is 10.4. The van der Waals surface area contributed by atoms with Crippen LogP contribution in [0.2, 0.25) is 0 Å². The highest BCUT2D eigenvalue weighted by molar-refractivity contribution is 6.05. The zero-order valence-corrected chi connectivity index (χ0v) is 13.0. The fourth-order valence-corrected chi connectivity index (χ4v) is 1.90. The second-order valence-corrected chi connectivity index (χ2v) is 5.49. The van der Waals surface area contributed by atoms with Crippen LogP contribution in [0, 0.1) is 12.8 Å². The standard InChI is InChI=1S/C18H20N2O2/c1-12(2)17(21)20-16-11-14(10-9-13(16)3)18(22)19-15-7-5-4-6-8-15/h4-12H,1-3H3,(H,19,22)(H,20,21). The number of carbonyl (C=O) groups is 2. The minimum absolute atomic E-state index is 0.0660. The van der Waals surface area contributed by atoms with E-state index in [9.17, 15) is 9.59 Å². The Bertz CT molecular complexity index is 679. The van der Waals surface area contributed by atoms with Gasteiger partial charge in [0.2, 0.25) is 5.91 Å². The molecule has 2 N–H and O–H groups in total. The molecule has 0 fully saturated rings. The zero-order chi connectivity index (χ0) is 16.1. The van der Waals surface area contributed by atoms with E-state index in [2.05, 4.69) is 10.6 Å². The van der Waals surface area contributed by atoms with E-state index in [0.29, 0.717) is 11.3 Å². The van der Waals surface area contributed by atoms with Gasteiger partial charge in [0, 0.05) is 22.9 Å². The van der Waals surface area contributed by atoms with Crippen LogP contribution < -0.4 is 10.6 Å². The first-order valence-corrected chi connectivity index (χ1v) is 7.25. The van der Waals surface area contributed by atoms with Crippen molar-refractivity contribution in [3.05, 3.63) is 59.7 Å². The summed E-state index contributed by atoms with van der Waals surface area (Å²) in [5, 5.41) is 5.68. The van der Waals surface area contributed by atoms with Crippen molar-refractivity contribution >= 4 is 23.2 Å². The molecule has 0 unspecified atom stereocenters. The molecule has 0 radical (unpaired) electrons. The maximum absolute atomic E-state index is 12.3. The van der Waals surface area contributed by atoms with Crippen LogP contribution in [0.4, 0.5) is 11.4 Å². The Morgan fingerprint density at radius 2 is 1.64 bits per heavy atom. The van der Waals surface area contributed by atoms with E-state index in [1.807, 2.05) is 57.2 Å². The van der Waals surface area contributed by atoms with Crippen LogP contribution in [0.15, 0.2) is 48.5 Å². The van der Waals surface area contributed by atoms with Gasteiger partial charge in [-0.15, -0.1) is 0 Å². The summed E-state index contributed by atoms with van der Waals surface area (Å²) in [6, 6.07) is 14.5. The first kappa shape index (κ1) is 15.8. The third-order valence-electron chi connectivity index (χ3n) is 3.31. The number of nitrogens with one attached hydrogen (secondary N) is 2. The fourth-order valence-electron chi connectivity index (χ4n) is 1.90. The van der Waals surface area contributed by atoms with Gasteiger partial charge >= 0.3 is 0 Å². The molecule has 0 aliphatic heterocycles. The second-order valence-electron chi connectivity index (χ2n) is 5.49. The molecule has 0 heterocycles. The van der Waals surface area contributed by atoms with E-state index >= 15 is 0 Å². The summed E-state index contributed by atoms with van der Waals surface area (Å²) in [5.41, 5.74) is 2.83. The third-order valence-corrected chi connectivity index (χ3v) is 3.31. The lowest BCUT2D eigenvalue weighted by molar-refractivity contribution is -0.118. The van der Waals surface area contributed by atoms with Crippen molar-refractivity contribution in [2.45, 2.75) is 20.8 Å². The van der Waals surface area contributed by atoms with Gasteiger partial charge in [-0.05, 0) is 36.8 Å². The summed E-state index contributed by atoms with van der Waals surface area (Å²) in [6.07, 6.45) is 0. The van der Waals surface area contributed by atoms with Gasteiger partial charge in [0.1, 0.15) is 0 Å². The smallest absolute Gasteiger partial charge is 0.255 e. The van der Waals surface area contributed by atoms with Crippen molar-refractivity contribution in [1.29, 1.82) is 0 Å². The number of benzene rings is 2. The summed E-state index contributed by atoms with van der Waals surface area (Å²) < 4.78 is 0. The SMILES string of the molecule is Cc1ccc(C(=O)Nc2ccccc2)cc1NC(=O)C(C)C. The predicted octanol–water partition coefficient (Wildman–Crippen LogP) is 3.84. The minimum atomic E-state index is -0.203. The van der Waals surface area contributed by atoms with Crippen molar-refractivity contribution in [3.63, 3.8) is 0 Å². The van der Waals surface area contributed by atoms with Crippen LogP contribution in [-0.4, -0.2) is 11.8 Å². The second kappa shape index (κ2) is 6.89. The van der Waals surface area contributed by atoms with Crippen molar-refractivity contribution in [2.75, 3.05) is 10.6 Å². The molecule has 0 spiro atoms. The van der Waals surface area contributed by atoms with Crippen molar-refractivity contribution < 1.29 is 9.59 Å². The van der Waals surface area contributed by atoms with Gasteiger partial charge in [0.15, 0.2) is 0 Å². The average molecular weight is 296 g/mol. The molecule has 2 rings (SSSR count). The molecule has 0 saturated heterocycles. The summed E-state index contributed by atoms with van der Waals surface area (Å²) in [6.45, 7) is 5.56. The molecule has 2 aromatic carbocycles. The molecule has 22 heavy (non-hydrogen) atoms. The van der Waals surface area contributed by atoms with Crippen molar-refractivity contribution in [2.24, 2.45) is 5.92 Å². The van der Waals surface area contributed by atoms with Gasteiger partial charge in [-0.25, -0.2) is 0 Å². The first-order valence-electron chi connectivity index (χ1n) is 7.25. The Morgan fingerprint density at radius 3 is 2.27 bits per heavy atom. The number of anilines is 2. The van der Waals surface area contributed by atoms with Crippen LogP contribution >= 0.6 is 0 Å². The Hall–Kier alpha value is -2.62. The number of para-hydroxylation sites is 1. The van der Waals surface area contributed by atoms with Gasteiger partial charge in [-0.3, -0.25) is 9.59 Å². The molecule has 4 nitrogen and oxygen atoms in total. The zero-order valence-electron chi connectivity index (χ0n) is 13.0. The lowest BCUT2D eigenvalue weighted by Crippen LogP contribution is -2.19. The number of carbonyl (C=O) groups excluding carboxylic acids is 2. The number of rotatable bonds is 4. The van der Waals surface area contributed by atoms with E-state index in [-0.39, 0.29) is 17.7 Å². The number of aryl methyl sites for hydroxylation is 1. The van der Waals surface area contributed by atoms with Gasteiger partial charge in [-0.1, -0.05) is 38.1 Å². The Morgan fingerprint density at radius 1 is 0.955 bits per heavy atom. The van der Waals surface area contributed by atoms with Crippen molar-refractivity contribution in [1.82, 2.24) is 0 Å². The molecule has 0 bridgehead atoms. The van der Waals surface area contributed by atoms with Crippen LogP contribution in [0.3, 0.4) is 0 Å². The van der Waals surface area contributed by atoms with Crippen LogP contribution in [0.1, 0.15) is 29.8 Å². The molecule has 114 valence electrons. The molecular weight excluding hydrogens is 276 g/mol. The van der Waals surface area contributed by atoms with Gasteiger partial charge in [-0.2, -0.15) is 0 Å². The molecule has 2 amide bonds. The maximum atomic E-state index is 12.3. The molecule has 4 heteroatoms. The van der Waals surface area contributed by atoms with E-state index in [1.54, 1.807) is 12.1 Å². The molecule has 0 atom stereocenters. The molecule has 2 aromatic rings. The Kier molecular flexibility index (Phi) is 4.94.